The van der Waals surface area contributed by atoms with Crippen LogP contribution in [0.5, 0.6) is 0 Å². The van der Waals surface area contributed by atoms with Crippen LogP contribution in [0, 0.1) is 0 Å². The number of pyridine rings is 1. The van der Waals surface area contributed by atoms with Crippen molar-refractivity contribution in [1.82, 2.24) is 0 Å². The fraction of sp³-hybridized carbons (Fsp3) is 0. The monoisotopic (exact) mass is 134 g/mol. The molecule has 0 radical (unpaired) electrons. The molecular formula is C7H8N3+. The molecule has 3 nitrogen and oxygen atoms in total. The third-order valence-electron chi connectivity index (χ3n) is 1.41. The highest BCUT2D eigenvalue weighted by atomic mass is 15.1. The lowest BCUT2D eigenvalue weighted by Crippen LogP contribution is -2.14. The quantitative estimate of drug-likeness (QED) is 0.551. The number of aromatic nitrogens is 1. The summed E-state index contributed by atoms with van der Waals surface area (Å²) in [6.07, 6.45) is 5.58. The molecule has 3 heteroatoms. The largest absolute Gasteiger partial charge is 0.352 e. The van der Waals surface area contributed by atoms with Gasteiger partial charge in [0.1, 0.15) is 11.9 Å². The maximum absolute atomic E-state index is 3.09. The van der Waals surface area contributed by atoms with Crippen molar-refractivity contribution in [1.29, 1.82) is 0 Å². The molecule has 0 bridgehead atoms. The molecule has 50 valence electrons. The number of nitrogens with one attached hydrogen (secondary N) is 3. The standard InChI is InChI=1S/C7H7N3/c1-2-6-7(9-3-1)10-5-4-8-6/h1-5,8H,(H,9,10)/p+1. The molecule has 0 unspecified atom stereocenters. The van der Waals surface area contributed by atoms with Gasteiger partial charge in [0.25, 0.3) is 0 Å². The predicted octanol–water partition coefficient (Wildman–Crippen LogP) is 0.809. The van der Waals surface area contributed by atoms with Crippen molar-refractivity contribution in [3.63, 3.8) is 0 Å². The summed E-state index contributed by atoms with van der Waals surface area (Å²) in [5.74, 6) is 1.00. The maximum atomic E-state index is 3.09. The average molecular weight is 134 g/mol. The van der Waals surface area contributed by atoms with Crippen LogP contribution in [0.3, 0.4) is 0 Å². The van der Waals surface area contributed by atoms with Gasteiger partial charge in [-0.3, -0.25) is 0 Å². The van der Waals surface area contributed by atoms with Crippen LogP contribution in [-0.2, 0) is 0 Å². The first kappa shape index (κ1) is 5.29. The Bertz CT molecular complexity index is 240. The summed E-state index contributed by atoms with van der Waals surface area (Å²) in [6, 6.07) is 3.95. The highest BCUT2D eigenvalue weighted by Crippen LogP contribution is 2.16. The van der Waals surface area contributed by atoms with Crippen LogP contribution < -0.4 is 15.6 Å². The van der Waals surface area contributed by atoms with Crippen LogP contribution in [0.15, 0.2) is 30.7 Å². The molecule has 1 aromatic heterocycles. The summed E-state index contributed by atoms with van der Waals surface area (Å²) >= 11 is 0. The Balaban J connectivity index is 2.47. The van der Waals surface area contributed by atoms with E-state index in [0.717, 1.165) is 11.5 Å². The molecule has 10 heavy (non-hydrogen) atoms. The van der Waals surface area contributed by atoms with E-state index in [4.69, 9.17) is 0 Å². The number of rotatable bonds is 0. The second-order valence-electron chi connectivity index (χ2n) is 2.08. The molecular weight excluding hydrogens is 126 g/mol. The third kappa shape index (κ3) is 0.719. The third-order valence-corrected chi connectivity index (χ3v) is 1.41. The lowest BCUT2D eigenvalue weighted by Gasteiger charge is -2.05. The van der Waals surface area contributed by atoms with Crippen LogP contribution in [0.2, 0.25) is 0 Å². The van der Waals surface area contributed by atoms with Gasteiger partial charge in [-0.1, -0.05) is 0 Å². The van der Waals surface area contributed by atoms with Gasteiger partial charge in [-0.25, -0.2) is 10.3 Å². The number of fused-ring (bicyclic) bond motifs is 1. The summed E-state index contributed by atoms with van der Waals surface area (Å²) in [5, 5.41) is 6.15. The molecule has 0 amide bonds. The second kappa shape index (κ2) is 2.02. The van der Waals surface area contributed by atoms with Gasteiger partial charge in [-0.05, 0) is 12.1 Å². The molecule has 0 spiro atoms. The van der Waals surface area contributed by atoms with Crippen LogP contribution in [-0.4, -0.2) is 0 Å². The Hall–Kier alpha value is -1.51. The highest BCUT2D eigenvalue weighted by molar-refractivity contribution is 5.65. The average Bonchev–Trinajstić information content (AvgIpc) is 2.05. The normalized spacial score (nSPS) is 13.2. The molecule has 0 aromatic carbocycles. The minimum absolute atomic E-state index is 1.00. The zero-order valence-corrected chi connectivity index (χ0v) is 5.39. The van der Waals surface area contributed by atoms with E-state index in [2.05, 4.69) is 15.6 Å². The van der Waals surface area contributed by atoms with E-state index in [1.807, 2.05) is 30.7 Å². The van der Waals surface area contributed by atoms with Gasteiger partial charge in [0.2, 0.25) is 0 Å². The minimum Gasteiger partial charge on any atom is -0.352 e. The lowest BCUT2D eigenvalue weighted by atomic mass is 10.3. The minimum atomic E-state index is 1.00. The van der Waals surface area contributed by atoms with E-state index in [9.17, 15) is 0 Å². The molecule has 0 fully saturated rings. The van der Waals surface area contributed by atoms with E-state index in [1.165, 1.54) is 0 Å². The summed E-state index contributed by atoms with van der Waals surface area (Å²) < 4.78 is 0. The molecule has 2 heterocycles. The number of aromatic amines is 1. The van der Waals surface area contributed by atoms with Gasteiger partial charge < -0.3 is 5.32 Å². The van der Waals surface area contributed by atoms with Crippen molar-refractivity contribution < 1.29 is 4.98 Å². The molecule has 0 aliphatic carbocycles. The second-order valence-corrected chi connectivity index (χ2v) is 2.08. The molecule has 0 saturated carbocycles. The first-order valence-corrected chi connectivity index (χ1v) is 3.15. The molecule has 1 aliphatic rings. The number of hydrogen-bond donors (Lipinski definition) is 2. The van der Waals surface area contributed by atoms with Gasteiger partial charge in [-0.15, -0.1) is 0 Å². The van der Waals surface area contributed by atoms with Gasteiger partial charge >= 0.3 is 5.82 Å². The SMILES string of the molecule is C1=CNc2[nH+]cccc2N1. The number of anilines is 2. The Morgan fingerprint density at radius 2 is 2.10 bits per heavy atom. The molecule has 0 saturated heterocycles. The van der Waals surface area contributed by atoms with Crippen molar-refractivity contribution in [3.8, 4) is 0 Å². The van der Waals surface area contributed by atoms with Crippen molar-refractivity contribution in [2.45, 2.75) is 0 Å². The van der Waals surface area contributed by atoms with E-state index in [1.54, 1.807) is 0 Å². The van der Waals surface area contributed by atoms with Crippen molar-refractivity contribution in [2.24, 2.45) is 0 Å². The van der Waals surface area contributed by atoms with E-state index < -0.39 is 0 Å². The lowest BCUT2D eigenvalue weighted by molar-refractivity contribution is -0.360. The first-order chi connectivity index (χ1) is 4.97. The summed E-state index contributed by atoms with van der Waals surface area (Å²) in [5.41, 5.74) is 1.07. The van der Waals surface area contributed by atoms with Crippen LogP contribution in [0.4, 0.5) is 11.5 Å². The fourth-order valence-corrected chi connectivity index (χ4v) is 0.933. The number of hydrogen-bond acceptors (Lipinski definition) is 2. The van der Waals surface area contributed by atoms with E-state index in [-0.39, 0.29) is 0 Å². The van der Waals surface area contributed by atoms with Crippen LogP contribution >= 0.6 is 0 Å². The van der Waals surface area contributed by atoms with Gasteiger partial charge in [-0.2, -0.15) is 0 Å². The topological polar surface area (TPSA) is 38.2 Å². The van der Waals surface area contributed by atoms with Gasteiger partial charge in [0.05, 0.1) is 6.20 Å². The van der Waals surface area contributed by atoms with Crippen LogP contribution in [0.25, 0.3) is 0 Å². The van der Waals surface area contributed by atoms with E-state index >= 15 is 0 Å². The zero-order valence-electron chi connectivity index (χ0n) is 5.39. The van der Waals surface area contributed by atoms with E-state index in [0.29, 0.717) is 0 Å². The summed E-state index contributed by atoms with van der Waals surface area (Å²) in [7, 11) is 0. The molecule has 0 atom stereocenters. The zero-order chi connectivity index (χ0) is 6.81. The Morgan fingerprint density at radius 3 is 3.00 bits per heavy atom. The van der Waals surface area contributed by atoms with Crippen molar-refractivity contribution in [3.05, 3.63) is 30.7 Å². The molecule has 1 aromatic rings. The molecule has 1 aliphatic heterocycles. The first-order valence-electron chi connectivity index (χ1n) is 3.15. The maximum Gasteiger partial charge on any atom is 0.300 e. The van der Waals surface area contributed by atoms with Gasteiger partial charge in [0.15, 0.2) is 0 Å². The Labute approximate surface area is 58.8 Å². The Morgan fingerprint density at radius 1 is 1.20 bits per heavy atom. The van der Waals surface area contributed by atoms with Crippen LogP contribution in [0.1, 0.15) is 0 Å². The highest BCUT2D eigenvalue weighted by Gasteiger charge is 2.07. The number of H-pyrrole nitrogens is 1. The molecule has 3 N–H and O–H groups in total. The van der Waals surface area contributed by atoms with Crippen molar-refractivity contribution in [2.75, 3.05) is 10.6 Å². The summed E-state index contributed by atoms with van der Waals surface area (Å²) in [4.78, 5) is 3.06. The summed E-state index contributed by atoms with van der Waals surface area (Å²) in [6.45, 7) is 0. The molecule has 2 rings (SSSR count). The van der Waals surface area contributed by atoms with Gasteiger partial charge in [0, 0.05) is 6.20 Å². The fourth-order valence-electron chi connectivity index (χ4n) is 0.933. The predicted molar refractivity (Wildman–Crippen MR) is 39.4 cm³/mol. The van der Waals surface area contributed by atoms with Crippen molar-refractivity contribution >= 4 is 11.5 Å². The Kier molecular flexibility index (Phi) is 1.07. The smallest absolute Gasteiger partial charge is 0.300 e.